The Balaban J connectivity index is 0.00000192. The number of ketones is 1. The number of Topliss-reactive ketones (excluding diaryl/α,β-unsaturated/α-hetero) is 1. The second-order valence-electron chi connectivity index (χ2n) is 6.74. The molecule has 0 amide bonds. The summed E-state index contributed by atoms with van der Waals surface area (Å²) in [6.45, 7) is 0.211. The average molecular weight is 399 g/mol. The van der Waals surface area contributed by atoms with Crippen molar-refractivity contribution in [3.8, 4) is 17.2 Å². The molecule has 0 spiro atoms. The van der Waals surface area contributed by atoms with Gasteiger partial charge in [0.15, 0.2) is 23.0 Å². The number of halogens is 1. The number of aromatic nitrogens is 1. The minimum absolute atomic E-state index is 0. The largest absolute Gasteiger partial charge is 1.00 e. The Kier molecular flexibility index (Phi) is 4.73. The Labute approximate surface area is 168 Å². The fourth-order valence-electron chi connectivity index (χ4n) is 3.78. The molecule has 6 nitrogen and oxygen atoms in total. The van der Waals surface area contributed by atoms with Gasteiger partial charge in [-0.15, -0.1) is 0 Å². The number of aryl methyl sites for hydroxylation is 1. The molecule has 3 aromatic rings. The second-order valence-corrected chi connectivity index (χ2v) is 6.74. The predicted octanol–water partition coefficient (Wildman–Crippen LogP) is 0.658. The first-order chi connectivity index (χ1) is 13.2. The number of carbonyl (C=O) groups excluding carboxylic acids is 1. The first-order valence-corrected chi connectivity index (χ1v) is 8.99. The highest BCUT2D eigenvalue weighted by atomic mass is 35.5. The maximum atomic E-state index is 12.8. The molecular weight excluding hydrogens is 380 g/mol. The van der Waals surface area contributed by atoms with E-state index in [9.17, 15) is 4.79 Å². The van der Waals surface area contributed by atoms with Gasteiger partial charge < -0.3 is 31.9 Å². The summed E-state index contributed by atoms with van der Waals surface area (Å²) in [6.07, 6.45) is 2.26. The molecule has 0 unspecified atom stereocenters. The maximum Gasteiger partial charge on any atom is 0.231 e. The zero-order valence-electron chi connectivity index (χ0n) is 15.3. The molecule has 0 fully saturated rings. The van der Waals surface area contributed by atoms with Crippen LogP contribution in [-0.2, 0) is 6.42 Å². The Morgan fingerprint density at radius 2 is 1.93 bits per heavy atom. The van der Waals surface area contributed by atoms with Gasteiger partial charge in [-0.1, -0.05) is 6.07 Å². The summed E-state index contributed by atoms with van der Waals surface area (Å²) in [7, 11) is 1.64. The van der Waals surface area contributed by atoms with Crippen LogP contribution in [0, 0.1) is 0 Å². The molecule has 28 heavy (non-hydrogen) atoms. The summed E-state index contributed by atoms with van der Waals surface area (Å²) >= 11 is 0. The Bertz CT molecular complexity index is 1080. The van der Waals surface area contributed by atoms with Gasteiger partial charge in [0.25, 0.3) is 0 Å². The van der Waals surface area contributed by atoms with Gasteiger partial charge in [0.05, 0.1) is 24.2 Å². The molecular formula is C21H19ClN2O4. The highest BCUT2D eigenvalue weighted by molar-refractivity contribution is 6.10. The van der Waals surface area contributed by atoms with Gasteiger partial charge in [0.2, 0.25) is 12.3 Å². The van der Waals surface area contributed by atoms with Crippen LogP contribution in [0.25, 0.3) is 10.9 Å². The van der Waals surface area contributed by atoms with Crippen molar-refractivity contribution in [2.24, 2.45) is 0 Å². The average Bonchev–Trinajstić information content (AvgIpc) is 3.14. The third kappa shape index (κ3) is 2.99. The standard InChI is InChI=1S/C21H18N2O4.ClH/c1-25-13-5-2-4-12(8-13)22-21-14-9-18-19(27-11-26-18)10-16(14)23-15-6-3-7-17(24)20(15)21;/h2,4-5,8-10H,3,6-7,11H2,1H3,(H,22,23);1H. The van der Waals surface area contributed by atoms with E-state index in [1.165, 1.54) is 0 Å². The van der Waals surface area contributed by atoms with Crippen LogP contribution in [-0.4, -0.2) is 19.7 Å². The molecule has 5 rings (SSSR count). The van der Waals surface area contributed by atoms with Gasteiger partial charge in [0, 0.05) is 30.7 Å². The number of pyridine rings is 1. The third-order valence-corrected chi connectivity index (χ3v) is 5.07. The molecule has 0 saturated heterocycles. The van der Waals surface area contributed by atoms with Crippen LogP contribution in [0.5, 0.6) is 17.2 Å². The zero-order chi connectivity index (χ0) is 18.4. The molecule has 1 aliphatic carbocycles. The number of ether oxygens (including phenoxy) is 3. The predicted molar refractivity (Wildman–Crippen MR) is 100 cm³/mol. The van der Waals surface area contributed by atoms with Crippen LogP contribution in [0.2, 0.25) is 0 Å². The summed E-state index contributed by atoms with van der Waals surface area (Å²) in [5.41, 5.74) is 4.27. The topological polar surface area (TPSA) is 70.9 Å². The van der Waals surface area contributed by atoms with Crippen molar-refractivity contribution in [1.82, 2.24) is 0 Å². The monoisotopic (exact) mass is 398 g/mol. The van der Waals surface area contributed by atoms with E-state index in [1.807, 2.05) is 36.4 Å². The molecule has 2 heterocycles. The van der Waals surface area contributed by atoms with Crippen LogP contribution in [0.4, 0.5) is 11.4 Å². The van der Waals surface area contributed by atoms with E-state index in [1.54, 1.807) is 7.11 Å². The minimum atomic E-state index is 0. The Hall–Kier alpha value is -2.99. The summed E-state index contributed by atoms with van der Waals surface area (Å²) in [5.74, 6) is 2.31. The van der Waals surface area contributed by atoms with Crippen LogP contribution < -0.4 is 36.9 Å². The molecule has 0 atom stereocenters. The molecule has 1 aliphatic heterocycles. The maximum absolute atomic E-state index is 12.8. The molecule has 0 saturated carbocycles. The van der Waals surface area contributed by atoms with Crippen LogP contribution in [0.1, 0.15) is 28.9 Å². The van der Waals surface area contributed by atoms with Gasteiger partial charge in [-0.3, -0.25) is 4.79 Å². The first-order valence-electron chi connectivity index (χ1n) is 8.99. The summed E-state index contributed by atoms with van der Waals surface area (Å²) in [5, 5.41) is 4.35. The number of benzene rings is 2. The van der Waals surface area contributed by atoms with E-state index >= 15 is 0 Å². The highest BCUT2D eigenvalue weighted by Crippen LogP contribution is 2.40. The number of H-pyrrole nitrogens is 1. The van der Waals surface area contributed by atoms with E-state index in [-0.39, 0.29) is 25.0 Å². The summed E-state index contributed by atoms with van der Waals surface area (Å²) < 4.78 is 16.4. The summed E-state index contributed by atoms with van der Waals surface area (Å²) in [6, 6.07) is 11.5. The smallest absolute Gasteiger partial charge is 0.231 e. The summed E-state index contributed by atoms with van der Waals surface area (Å²) in [4.78, 5) is 16.2. The molecule has 144 valence electrons. The lowest BCUT2D eigenvalue weighted by Crippen LogP contribution is -3.00. The van der Waals surface area contributed by atoms with E-state index in [4.69, 9.17) is 14.2 Å². The molecule has 2 aliphatic rings. The van der Waals surface area contributed by atoms with E-state index in [0.29, 0.717) is 17.9 Å². The molecule has 2 N–H and O–H groups in total. The Morgan fingerprint density at radius 3 is 2.75 bits per heavy atom. The van der Waals surface area contributed by atoms with Crippen molar-refractivity contribution >= 4 is 28.1 Å². The lowest BCUT2D eigenvalue weighted by Gasteiger charge is -2.18. The lowest BCUT2D eigenvalue weighted by atomic mass is 9.91. The molecule has 2 aromatic carbocycles. The van der Waals surface area contributed by atoms with Crippen molar-refractivity contribution < 1.29 is 36.4 Å². The number of rotatable bonds is 3. The van der Waals surface area contributed by atoms with Crippen molar-refractivity contribution in [1.29, 1.82) is 0 Å². The van der Waals surface area contributed by atoms with Crippen molar-refractivity contribution in [3.63, 3.8) is 0 Å². The SMILES string of the molecule is COc1cccc(Nc2c3c([nH+]c4cc5c(cc24)OCO5)CCCC3=O)c1.[Cl-]. The number of hydrogen-bond acceptors (Lipinski definition) is 5. The van der Waals surface area contributed by atoms with E-state index in [2.05, 4.69) is 10.3 Å². The van der Waals surface area contributed by atoms with Crippen LogP contribution in [0.3, 0.4) is 0 Å². The van der Waals surface area contributed by atoms with E-state index in [0.717, 1.165) is 52.1 Å². The normalized spacial score (nSPS) is 14.4. The molecule has 0 radical (unpaired) electrons. The number of nitrogens with one attached hydrogen (secondary N) is 2. The van der Waals surface area contributed by atoms with Gasteiger partial charge in [-0.05, 0) is 18.6 Å². The number of methoxy groups -OCH3 is 1. The lowest BCUT2D eigenvalue weighted by molar-refractivity contribution is -0.358. The van der Waals surface area contributed by atoms with Gasteiger partial charge in [0.1, 0.15) is 11.3 Å². The number of aromatic amines is 1. The van der Waals surface area contributed by atoms with E-state index < -0.39 is 0 Å². The number of hydrogen-bond donors (Lipinski definition) is 1. The second kappa shape index (κ2) is 7.20. The number of anilines is 2. The van der Waals surface area contributed by atoms with Crippen molar-refractivity contribution in [2.75, 3.05) is 19.2 Å². The fraction of sp³-hybridized carbons (Fsp3) is 0.238. The van der Waals surface area contributed by atoms with Crippen molar-refractivity contribution in [2.45, 2.75) is 19.3 Å². The fourth-order valence-corrected chi connectivity index (χ4v) is 3.78. The molecule has 1 aromatic heterocycles. The number of carbonyl (C=O) groups is 1. The zero-order valence-corrected chi connectivity index (χ0v) is 16.1. The third-order valence-electron chi connectivity index (χ3n) is 5.07. The van der Waals surface area contributed by atoms with Crippen LogP contribution in [0.15, 0.2) is 36.4 Å². The van der Waals surface area contributed by atoms with Gasteiger partial charge >= 0.3 is 0 Å². The molecule has 0 bridgehead atoms. The quantitative estimate of drug-likeness (QED) is 0.701. The van der Waals surface area contributed by atoms with Gasteiger partial charge in [-0.25, -0.2) is 4.98 Å². The van der Waals surface area contributed by atoms with Crippen LogP contribution >= 0.6 is 0 Å². The molecule has 7 heteroatoms. The highest BCUT2D eigenvalue weighted by Gasteiger charge is 2.30. The van der Waals surface area contributed by atoms with Gasteiger partial charge in [-0.2, -0.15) is 0 Å². The van der Waals surface area contributed by atoms with Crippen molar-refractivity contribution in [3.05, 3.63) is 47.7 Å². The minimum Gasteiger partial charge on any atom is -1.00 e. The Morgan fingerprint density at radius 1 is 1.11 bits per heavy atom. The number of fused-ring (bicyclic) bond motifs is 3. The first kappa shape index (κ1) is 18.4.